The van der Waals surface area contributed by atoms with E-state index in [1.807, 2.05) is 0 Å². The van der Waals surface area contributed by atoms with Gasteiger partial charge in [0.25, 0.3) is 0 Å². The fourth-order valence-corrected chi connectivity index (χ4v) is 1.92. The van der Waals surface area contributed by atoms with Gasteiger partial charge in [0.2, 0.25) is 0 Å². The van der Waals surface area contributed by atoms with Crippen molar-refractivity contribution in [3.63, 3.8) is 0 Å². The van der Waals surface area contributed by atoms with Crippen LogP contribution in [0.2, 0.25) is 0 Å². The van der Waals surface area contributed by atoms with Crippen LogP contribution in [0.15, 0.2) is 0 Å². The Bertz CT molecular complexity index is 363. The third-order valence-electron chi connectivity index (χ3n) is 2.40. The maximum Gasteiger partial charge on any atom is 0.411 e. The van der Waals surface area contributed by atoms with Gasteiger partial charge in [-0.25, -0.2) is 9.59 Å². The fourth-order valence-electron chi connectivity index (χ4n) is 1.63. The van der Waals surface area contributed by atoms with Crippen molar-refractivity contribution in [3.05, 3.63) is 0 Å². The van der Waals surface area contributed by atoms with Crippen LogP contribution in [0.5, 0.6) is 0 Å². The number of ether oxygens (including phenoxy) is 1. The Balaban J connectivity index is 2.80. The summed E-state index contributed by atoms with van der Waals surface area (Å²) < 4.78 is 9.78. The molecule has 1 heterocycles. The Hall–Kier alpha value is -0.860. The molecule has 1 atom stereocenters. The zero-order chi connectivity index (χ0) is 13.9. The number of carbonyl (C=O) groups excluding carboxylic acids is 3. The van der Waals surface area contributed by atoms with E-state index in [2.05, 4.69) is 3.07 Å². The summed E-state index contributed by atoms with van der Waals surface area (Å²) in [6, 6.07) is -0.877. The van der Waals surface area contributed by atoms with Crippen LogP contribution in [0.25, 0.3) is 0 Å². The molecule has 1 saturated heterocycles. The number of ketones is 1. The van der Waals surface area contributed by atoms with Gasteiger partial charge >= 0.3 is 12.1 Å². The molecule has 1 aliphatic heterocycles. The van der Waals surface area contributed by atoms with Gasteiger partial charge in [-0.15, -0.1) is 0 Å². The van der Waals surface area contributed by atoms with E-state index in [0.717, 1.165) is 0 Å². The van der Waals surface area contributed by atoms with Crippen molar-refractivity contribution in [1.82, 2.24) is 4.90 Å². The maximum atomic E-state index is 11.9. The van der Waals surface area contributed by atoms with Gasteiger partial charge < -0.3 is 7.80 Å². The van der Waals surface area contributed by atoms with Gasteiger partial charge in [0.15, 0.2) is 23.0 Å². The van der Waals surface area contributed by atoms with Gasteiger partial charge in [0, 0.05) is 19.4 Å². The van der Waals surface area contributed by atoms with Crippen molar-refractivity contribution in [2.75, 3.05) is 6.54 Å². The molecule has 0 aliphatic carbocycles. The lowest BCUT2D eigenvalue weighted by Crippen LogP contribution is -2.51. The van der Waals surface area contributed by atoms with Crippen LogP contribution in [-0.2, 0) is 17.4 Å². The zero-order valence-corrected chi connectivity index (χ0v) is 12.7. The average Bonchev–Trinajstić information content (AvgIpc) is 2.25. The highest BCUT2D eigenvalue weighted by Gasteiger charge is 2.38. The Labute approximate surface area is 120 Å². The van der Waals surface area contributed by atoms with Crippen LogP contribution < -0.4 is 0 Å². The molecular formula is C11H16INO5. The highest BCUT2D eigenvalue weighted by Crippen LogP contribution is 2.20. The summed E-state index contributed by atoms with van der Waals surface area (Å²) in [5.41, 5.74) is -0.642. The molecular weight excluding hydrogens is 353 g/mol. The molecule has 102 valence electrons. The molecule has 1 rings (SSSR count). The Morgan fingerprint density at radius 1 is 1.39 bits per heavy atom. The molecule has 0 spiro atoms. The molecule has 7 heteroatoms. The van der Waals surface area contributed by atoms with Crippen LogP contribution in [0.1, 0.15) is 33.6 Å². The van der Waals surface area contributed by atoms with Crippen molar-refractivity contribution >= 4 is 40.9 Å². The number of nitrogens with zero attached hydrogens (tertiary/aromatic N) is 1. The van der Waals surface area contributed by atoms with E-state index in [1.54, 1.807) is 20.8 Å². The maximum absolute atomic E-state index is 11.9. The first kappa shape index (κ1) is 15.2. The quantitative estimate of drug-likeness (QED) is 0.660. The topological polar surface area (TPSA) is 72.9 Å². The lowest BCUT2D eigenvalue weighted by molar-refractivity contribution is -0.142. The first-order valence-corrected chi connectivity index (χ1v) is 6.46. The molecule has 0 N–H and O–H groups in total. The molecule has 0 aromatic heterocycles. The van der Waals surface area contributed by atoms with Crippen LogP contribution >= 0.6 is 23.0 Å². The SMILES string of the molecule is CC(C)(C)OC(=O)N1CCC(=O)CC1C(=O)OI. The van der Waals surface area contributed by atoms with Crippen LogP contribution in [0.3, 0.4) is 0 Å². The van der Waals surface area contributed by atoms with Crippen molar-refractivity contribution in [2.45, 2.75) is 45.3 Å². The van der Waals surface area contributed by atoms with Gasteiger partial charge in [-0.2, -0.15) is 0 Å². The second-order valence-corrected chi connectivity index (χ2v) is 5.52. The molecule has 0 bridgehead atoms. The molecule has 18 heavy (non-hydrogen) atoms. The van der Waals surface area contributed by atoms with Gasteiger partial charge in [-0.05, 0) is 20.8 Å². The van der Waals surface area contributed by atoms with Crippen molar-refractivity contribution in [3.8, 4) is 0 Å². The minimum atomic E-state index is -0.877. The molecule has 1 aliphatic rings. The van der Waals surface area contributed by atoms with Gasteiger partial charge in [0.1, 0.15) is 17.4 Å². The monoisotopic (exact) mass is 369 g/mol. The number of likely N-dealkylation sites (tertiary alicyclic amines) is 1. The molecule has 0 saturated carbocycles. The van der Waals surface area contributed by atoms with Crippen LogP contribution in [-0.4, -0.2) is 40.9 Å². The Morgan fingerprint density at radius 3 is 2.50 bits per heavy atom. The van der Waals surface area contributed by atoms with E-state index in [4.69, 9.17) is 4.74 Å². The summed E-state index contributed by atoms with van der Waals surface area (Å²) in [7, 11) is 0. The lowest BCUT2D eigenvalue weighted by Gasteiger charge is -2.34. The molecule has 1 fully saturated rings. The van der Waals surface area contributed by atoms with E-state index in [-0.39, 0.29) is 25.2 Å². The van der Waals surface area contributed by atoms with Crippen molar-refractivity contribution in [1.29, 1.82) is 0 Å². The molecule has 0 radical (unpaired) electrons. The largest absolute Gasteiger partial charge is 0.444 e. The molecule has 0 aromatic rings. The van der Waals surface area contributed by atoms with Crippen molar-refractivity contribution < 1.29 is 22.2 Å². The average molecular weight is 369 g/mol. The van der Waals surface area contributed by atoms with Crippen molar-refractivity contribution in [2.24, 2.45) is 0 Å². The summed E-state index contributed by atoms with van der Waals surface area (Å²) in [5, 5.41) is 0. The predicted octanol–water partition coefficient (Wildman–Crippen LogP) is 1.85. The van der Waals surface area contributed by atoms with Crippen LogP contribution in [0.4, 0.5) is 4.79 Å². The summed E-state index contributed by atoms with van der Waals surface area (Å²) >= 11 is 1.44. The molecule has 1 amide bonds. The smallest absolute Gasteiger partial charge is 0.411 e. The number of piperidine rings is 1. The minimum absolute atomic E-state index is 0.0128. The normalized spacial score (nSPS) is 20.6. The zero-order valence-electron chi connectivity index (χ0n) is 10.6. The number of amides is 1. The number of Topliss-reactive ketones (excluding diaryl/α,β-unsaturated/α-hetero) is 1. The third-order valence-corrected chi connectivity index (χ3v) is 2.84. The van der Waals surface area contributed by atoms with Gasteiger partial charge in [0.05, 0.1) is 0 Å². The summed E-state index contributed by atoms with van der Waals surface area (Å²) in [6.07, 6.45) is -0.368. The number of hydrogen-bond acceptors (Lipinski definition) is 5. The van der Waals surface area contributed by atoms with E-state index >= 15 is 0 Å². The summed E-state index contributed by atoms with van der Waals surface area (Å²) in [4.78, 5) is 36.1. The Morgan fingerprint density at radius 2 is 2.00 bits per heavy atom. The van der Waals surface area contributed by atoms with E-state index in [9.17, 15) is 14.4 Å². The second kappa shape index (κ2) is 5.85. The molecule has 6 nitrogen and oxygen atoms in total. The first-order chi connectivity index (χ1) is 8.24. The lowest BCUT2D eigenvalue weighted by atomic mass is 10.0. The Kier molecular flexibility index (Phi) is 4.94. The molecule has 1 unspecified atom stereocenters. The third kappa shape index (κ3) is 4.11. The first-order valence-electron chi connectivity index (χ1n) is 5.58. The highest BCUT2D eigenvalue weighted by atomic mass is 127. The van der Waals surface area contributed by atoms with Gasteiger partial charge in [-0.3, -0.25) is 9.69 Å². The standard InChI is InChI=1S/C11H16INO5/c1-11(2,3)17-10(16)13-5-4-7(14)6-8(13)9(15)18-12/h8H,4-6H2,1-3H3. The van der Waals surface area contributed by atoms with E-state index in [0.29, 0.717) is 0 Å². The summed E-state index contributed by atoms with van der Waals surface area (Å²) in [5.74, 6) is -0.656. The fraction of sp³-hybridized carbons (Fsp3) is 0.727. The number of carbonyl (C=O) groups is 3. The molecule has 0 aromatic carbocycles. The number of rotatable bonds is 1. The van der Waals surface area contributed by atoms with E-state index < -0.39 is 23.7 Å². The number of halogens is 1. The predicted molar refractivity (Wildman–Crippen MR) is 71.1 cm³/mol. The van der Waals surface area contributed by atoms with Crippen LogP contribution in [0, 0.1) is 0 Å². The van der Waals surface area contributed by atoms with Gasteiger partial charge in [-0.1, -0.05) is 0 Å². The minimum Gasteiger partial charge on any atom is -0.444 e. The second-order valence-electron chi connectivity index (χ2n) is 5.08. The van der Waals surface area contributed by atoms with E-state index in [1.165, 1.54) is 27.9 Å². The number of hydrogen-bond donors (Lipinski definition) is 0. The highest BCUT2D eigenvalue weighted by molar-refractivity contribution is 14.1. The summed E-state index contributed by atoms with van der Waals surface area (Å²) in [6.45, 7) is 5.41.